The number of rotatable bonds is 8. The van der Waals surface area contributed by atoms with Crippen LogP contribution in [0.5, 0.6) is 5.75 Å². The molecule has 0 aromatic heterocycles. The molecule has 1 aliphatic rings. The number of carboxylic acid groups (broad SMARTS) is 1. The standard InChI is InChI=1S/C20H29NO5S/c1-19(2,3)26-18(24)20(12-10-17(22)23)11-5-13-21(20)27-14-15-6-8-16(25-4)9-7-15/h6-9H,5,10-14H2,1-4H3,(H,22,23). The molecule has 6 nitrogen and oxygen atoms in total. The summed E-state index contributed by atoms with van der Waals surface area (Å²) in [6.07, 6.45) is 1.66. The summed E-state index contributed by atoms with van der Waals surface area (Å²) in [5, 5.41) is 9.16. The number of hydrogen-bond donors (Lipinski definition) is 1. The highest BCUT2D eigenvalue weighted by atomic mass is 32.2. The Morgan fingerprint density at radius 3 is 2.48 bits per heavy atom. The first-order valence-electron chi connectivity index (χ1n) is 9.15. The van der Waals surface area contributed by atoms with Gasteiger partial charge in [-0.15, -0.1) is 0 Å². The lowest BCUT2D eigenvalue weighted by Crippen LogP contribution is -2.50. The number of hydrogen-bond acceptors (Lipinski definition) is 6. The van der Waals surface area contributed by atoms with Crippen LogP contribution in [0, 0.1) is 0 Å². The molecule has 27 heavy (non-hydrogen) atoms. The van der Waals surface area contributed by atoms with Gasteiger partial charge in [0.1, 0.15) is 16.9 Å². The minimum atomic E-state index is -0.898. The molecule has 0 spiro atoms. The first kappa shape index (κ1) is 21.6. The molecule has 1 aromatic carbocycles. The maximum absolute atomic E-state index is 13.0. The van der Waals surface area contributed by atoms with Crippen LogP contribution in [-0.2, 0) is 20.1 Å². The number of carbonyl (C=O) groups is 2. The molecule has 1 unspecified atom stereocenters. The van der Waals surface area contributed by atoms with Crippen molar-refractivity contribution >= 4 is 23.9 Å². The van der Waals surface area contributed by atoms with Gasteiger partial charge in [-0.2, -0.15) is 0 Å². The monoisotopic (exact) mass is 395 g/mol. The van der Waals surface area contributed by atoms with E-state index in [-0.39, 0.29) is 18.8 Å². The third-order valence-electron chi connectivity index (χ3n) is 4.51. The normalized spacial score (nSPS) is 20.4. The molecule has 1 N–H and O–H groups in total. The average Bonchev–Trinajstić information content (AvgIpc) is 3.01. The van der Waals surface area contributed by atoms with Crippen LogP contribution in [0.1, 0.15) is 52.0 Å². The van der Waals surface area contributed by atoms with Crippen molar-refractivity contribution in [3.63, 3.8) is 0 Å². The first-order chi connectivity index (χ1) is 12.7. The smallest absolute Gasteiger partial charge is 0.327 e. The summed E-state index contributed by atoms with van der Waals surface area (Å²) in [7, 11) is 1.63. The van der Waals surface area contributed by atoms with Crippen molar-refractivity contribution in [2.45, 2.75) is 63.3 Å². The number of methoxy groups -OCH3 is 1. The molecule has 1 aliphatic heterocycles. The minimum absolute atomic E-state index is 0.0567. The highest BCUT2D eigenvalue weighted by Gasteiger charge is 2.50. The third-order valence-corrected chi connectivity index (χ3v) is 5.81. The number of nitrogens with zero attached hydrogens (tertiary/aromatic N) is 1. The lowest BCUT2D eigenvalue weighted by atomic mass is 9.91. The van der Waals surface area contributed by atoms with Gasteiger partial charge in [-0.05, 0) is 57.7 Å². The number of carboxylic acids is 1. The zero-order valence-electron chi connectivity index (χ0n) is 16.5. The SMILES string of the molecule is COc1ccc(CSN2CCCC2(CCC(=O)O)C(=O)OC(C)(C)C)cc1. The number of ether oxygens (including phenoxy) is 2. The lowest BCUT2D eigenvalue weighted by molar-refractivity contribution is -0.166. The van der Waals surface area contributed by atoms with E-state index in [4.69, 9.17) is 14.6 Å². The van der Waals surface area contributed by atoms with Gasteiger partial charge in [0, 0.05) is 18.7 Å². The quantitative estimate of drug-likeness (QED) is 0.529. The largest absolute Gasteiger partial charge is 0.497 e. The summed E-state index contributed by atoms with van der Waals surface area (Å²) in [5.41, 5.74) is -0.380. The topological polar surface area (TPSA) is 76.1 Å². The second kappa shape index (κ2) is 8.97. The van der Waals surface area contributed by atoms with Crippen LogP contribution >= 0.6 is 11.9 Å². The maximum Gasteiger partial charge on any atom is 0.327 e. The molecule has 1 atom stereocenters. The van der Waals surface area contributed by atoms with Crippen molar-refractivity contribution in [2.24, 2.45) is 0 Å². The molecule has 1 aromatic rings. The Balaban J connectivity index is 2.14. The van der Waals surface area contributed by atoms with E-state index in [1.165, 1.54) is 0 Å². The van der Waals surface area contributed by atoms with E-state index in [1.54, 1.807) is 19.1 Å². The molecule has 0 amide bonds. The van der Waals surface area contributed by atoms with Crippen molar-refractivity contribution in [1.29, 1.82) is 0 Å². The number of benzene rings is 1. The second-order valence-electron chi connectivity index (χ2n) is 7.75. The Bertz CT molecular complexity index is 655. The molecule has 1 saturated heterocycles. The van der Waals surface area contributed by atoms with E-state index in [1.807, 2.05) is 49.3 Å². The van der Waals surface area contributed by atoms with E-state index in [2.05, 4.69) is 0 Å². The molecular weight excluding hydrogens is 366 g/mol. The number of aliphatic carboxylic acids is 1. The lowest BCUT2D eigenvalue weighted by Gasteiger charge is -2.37. The van der Waals surface area contributed by atoms with Gasteiger partial charge in [0.15, 0.2) is 0 Å². The second-order valence-corrected chi connectivity index (χ2v) is 8.74. The average molecular weight is 396 g/mol. The fourth-order valence-corrected chi connectivity index (χ4v) is 4.42. The minimum Gasteiger partial charge on any atom is -0.497 e. The van der Waals surface area contributed by atoms with E-state index in [0.29, 0.717) is 12.2 Å². The summed E-state index contributed by atoms with van der Waals surface area (Å²) in [4.78, 5) is 24.2. The predicted octanol–water partition coefficient (Wildman–Crippen LogP) is 3.88. The van der Waals surface area contributed by atoms with Crippen LogP contribution in [0.2, 0.25) is 0 Å². The summed E-state index contributed by atoms with van der Waals surface area (Å²) >= 11 is 1.56. The Labute approximate surface area is 165 Å². The van der Waals surface area contributed by atoms with Gasteiger partial charge in [0.05, 0.1) is 7.11 Å². The van der Waals surface area contributed by atoms with Crippen LogP contribution in [0.15, 0.2) is 24.3 Å². The molecule has 1 fully saturated rings. The Morgan fingerprint density at radius 2 is 1.93 bits per heavy atom. The van der Waals surface area contributed by atoms with Crippen molar-refractivity contribution in [1.82, 2.24) is 4.31 Å². The predicted molar refractivity (Wildman–Crippen MR) is 106 cm³/mol. The van der Waals surface area contributed by atoms with Gasteiger partial charge in [-0.1, -0.05) is 24.1 Å². The fraction of sp³-hybridized carbons (Fsp3) is 0.600. The molecule has 2 rings (SSSR count). The molecule has 150 valence electrons. The van der Waals surface area contributed by atoms with Crippen LogP contribution in [0.25, 0.3) is 0 Å². The number of esters is 1. The van der Waals surface area contributed by atoms with Crippen molar-refractivity contribution in [2.75, 3.05) is 13.7 Å². The zero-order chi connectivity index (χ0) is 20.1. The van der Waals surface area contributed by atoms with Crippen molar-refractivity contribution in [3.8, 4) is 5.75 Å². The molecular formula is C20H29NO5S. The highest BCUT2D eigenvalue weighted by molar-refractivity contribution is 7.96. The zero-order valence-corrected chi connectivity index (χ0v) is 17.3. The molecule has 0 bridgehead atoms. The third kappa shape index (κ3) is 5.87. The molecule has 7 heteroatoms. The van der Waals surface area contributed by atoms with Gasteiger partial charge in [0.2, 0.25) is 0 Å². The van der Waals surface area contributed by atoms with E-state index in [0.717, 1.165) is 24.3 Å². The van der Waals surface area contributed by atoms with Crippen molar-refractivity contribution < 1.29 is 24.2 Å². The Morgan fingerprint density at radius 1 is 1.26 bits per heavy atom. The van der Waals surface area contributed by atoms with Gasteiger partial charge < -0.3 is 14.6 Å². The number of carbonyl (C=O) groups excluding carboxylic acids is 1. The van der Waals surface area contributed by atoms with E-state index >= 15 is 0 Å². The van der Waals surface area contributed by atoms with Crippen LogP contribution in [-0.4, -0.2) is 46.1 Å². The van der Waals surface area contributed by atoms with Crippen LogP contribution in [0.3, 0.4) is 0 Å². The molecule has 0 radical (unpaired) electrons. The first-order valence-corrected chi connectivity index (χ1v) is 10.1. The van der Waals surface area contributed by atoms with Gasteiger partial charge in [0.25, 0.3) is 0 Å². The highest BCUT2D eigenvalue weighted by Crippen LogP contribution is 2.41. The van der Waals surface area contributed by atoms with Crippen LogP contribution < -0.4 is 4.74 Å². The summed E-state index contributed by atoms with van der Waals surface area (Å²) in [5.74, 6) is 0.275. The molecule has 0 saturated carbocycles. The maximum atomic E-state index is 13.0. The van der Waals surface area contributed by atoms with E-state index in [9.17, 15) is 9.59 Å². The van der Waals surface area contributed by atoms with Crippen molar-refractivity contribution in [3.05, 3.63) is 29.8 Å². The van der Waals surface area contributed by atoms with E-state index < -0.39 is 17.1 Å². The van der Waals surface area contributed by atoms with Gasteiger partial charge in [-0.25, -0.2) is 9.10 Å². The summed E-state index contributed by atoms with van der Waals surface area (Å²) < 4.78 is 12.9. The van der Waals surface area contributed by atoms with Gasteiger partial charge >= 0.3 is 11.9 Å². The Kier molecular flexibility index (Phi) is 7.17. The fourth-order valence-electron chi connectivity index (χ4n) is 3.16. The van der Waals surface area contributed by atoms with Gasteiger partial charge in [-0.3, -0.25) is 4.79 Å². The summed E-state index contributed by atoms with van der Waals surface area (Å²) in [6, 6.07) is 7.81. The molecule has 1 heterocycles. The summed E-state index contributed by atoms with van der Waals surface area (Å²) in [6.45, 7) is 6.23. The van der Waals surface area contributed by atoms with Crippen LogP contribution in [0.4, 0.5) is 0 Å². The Hall–Kier alpha value is -1.73. The molecule has 0 aliphatic carbocycles.